The fourth-order valence-corrected chi connectivity index (χ4v) is 0.375. The van der Waals surface area contributed by atoms with Crippen LogP contribution in [0.3, 0.4) is 0 Å². The Labute approximate surface area is 54.8 Å². The standard InChI is InChI=1S/C7H10O2/c1-3-5-6-7(8)9-4-2/h5H,1,4,6H2,2H3. The Hall–Kier alpha value is -1.01. The van der Waals surface area contributed by atoms with E-state index < -0.39 is 0 Å². The van der Waals surface area contributed by atoms with Crippen LogP contribution in [0.15, 0.2) is 18.4 Å². The van der Waals surface area contributed by atoms with E-state index in [1.54, 1.807) is 6.92 Å². The molecule has 0 heterocycles. The fourth-order valence-electron chi connectivity index (χ4n) is 0.375. The van der Waals surface area contributed by atoms with E-state index in [1.807, 2.05) is 0 Å². The number of ether oxygens (including phenoxy) is 1. The van der Waals surface area contributed by atoms with Crippen molar-refractivity contribution >= 4 is 5.97 Å². The molecule has 0 amide bonds. The van der Waals surface area contributed by atoms with Crippen LogP contribution in [0.25, 0.3) is 0 Å². The van der Waals surface area contributed by atoms with Crippen LogP contribution in [0, 0.1) is 0 Å². The number of esters is 1. The molecule has 0 aliphatic carbocycles. The van der Waals surface area contributed by atoms with Crippen molar-refractivity contribution in [2.24, 2.45) is 0 Å². The van der Waals surface area contributed by atoms with Crippen LogP contribution >= 0.6 is 0 Å². The largest absolute Gasteiger partial charge is 0.466 e. The van der Waals surface area contributed by atoms with Gasteiger partial charge in [-0.25, -0.2) is 0 Å². The van der Waals surface area contributed by atoms with Gasteiger partial charge in [-0.3, -0.25) is 4.79 Å². The zero-order chi connectivity index (χ0) is 7.11. The molecule has 0 aliphatic heterocycles. The Balaban J connectivity index is 3.38. The fraction of sp³-hybridized carbons (Fsp3) is 0.429. The summed E-state index contributed by atoms with van der Waals surface area (Å²) >= 11 is 0. The molecule has 0 N–H and O–H groups in total. The molecule has 0 spiro atoms. The number of hydrogen-bond donors (Lipinski definition) is 0. The van der Waals surface area contributed by atoms with Gasteiger partial charge >= 0.3 is 5.97 Å². The van der Waals surface area contributed by atoms with Crippen LogP contribution < -0.4 is 0 Å². The summed E-state index contributed by atoms with van der Waals surface area (Å²) in [7, 11) is 0. The van der Waals surface area contributed by atoms with Crippen molar-refractivity contribution in [3.05, 3.63) is 18.4 Å². The molecule has 0 aromatic rings. The lowest BCUT2D eigenvalue weighted by Crippen LogP contribution is -2.00. The Bertz CT molecular complexity index is 132. The third-order valence-electron chi connectivity index (χ3n) is 0.718. The van der Waals surface area contributed by atoms with Gasteiger partial charge in [-0.1, -0.05) is 6.58 Å². The average Bonchev–Trinajstić information content (AvgIpc) is 1.85. The van der Waals surface area contributed by atoms with Crippen molar-refractivity contribution in [2.75, 3.05) is 6.61 Å². The van der Waals surface area contributed by atoms with Crippen molar-refractivity contribution < 1.29 is 9.53 Å². The SMILES string of the molecule is C=C=CCC(=O)OCC. The molecular formula is C7H10O2. The number of carbonyl (C=O) groups excluding carboxylic acids is 1. The summed E-state index contributed by atoms with van der Waals surface area (Å²) in [4.78, 5) is 10.5. The third-order valence-corrected chi connectivity index (χ3v) is 0.718. The normalized spacial score (nSPS) is 7.67. The molecule has 2 heteroatoms. The molecular weight excluding hydrogens is 116 g/mol. The minimum atomic E-state index is -0.228. The first-order chi connectivity index (χ1) is 4.31. The lowest BCUT2D eigenvalue weighted by molar-refractivity contribution is -0.142. The monoisotopic (exact) mass is 126 g/mol. The second-order valence-corrected chi connectivity index (χ2v) is 1.42. The van der Waals surface area contributed by atoms with Gasteiger partial charge in [0.05, 0.1) is 13.0 Å². The molecule has 0 saturated heterocycles. The van der Waals surface area contributed by atoms with Crippen LogP contribution in [0.4, 0.5) is 0 Å². The summed E-state index contributed by atoms with van der Waals surface area (Å²) in [6.07, 6.45) is 1.81. The van der Waals surface area contributed by atoms with Gasteiger partial charge in [0.1, 0.15) is 0 Å². The lowest BCUT2D eigenvalue weighted by Gasteiger charge is -1.94. The van der Waals surface area contributed by atoms with E-state index in [0.29, 0.717) is 6.61 Å². The minimum Gasteiger partial charge on any atom is -0.466 e. The summed E-state index contributed by atoms with van der Waals surface area (Å²) in [5, 5.41) is 0. The van der Waals surface area contributed by atoms with E-state index in [2.05, 4.69) is 17.0 Å². The van der Waals surface area contributed by atoms with Gasteiger partial charge in [-0.2, -0.15) is 0 Å². The van der Waals surface area contributed by atoms with Crippen LogP contribution in [-0.4, -0.2) is 12.6 Å². The maximum absolute atomic E-state index is 10.5. The average molecular weight is 126 g/mol. The topological polar surface area (TPSA) is 26.3 Å². The van der Waals surface area contributed by atoms with Crippen LogP contribution in [-0.2, 0) is 9.53 Å². The second kappa shape index (κ2) is 5.13. The van der Waals surface area contributed by atoms with E-state index >= 15 is 0 Å². The number of rotatable bonds is 3. The van der Waals surface area contributed by atoms with Crippen LogP contribution in [0.2, 0.25) is 0 Å². The first-order valence-electron chi connectivity index (χ1n) is 2.81. The quantitative estimate of drug-likeness (QED) is 0.420. The summed E-state index contributed by atoms with van der Waals surface area (Å²) in [6.45, 7) is 5.51. The molecule has 9 heavy (non-hydrogen) atoms. The zero-order valence-corrected chi connectivity index (χ0v) is 5.52. The highest BCUT2D eigenvalue weighted by Gasteiger charge is 1.94. The van der Waals surface area contributed by atoms with Crippen molar-refractivity contribution in [1.82, 2.24) is 0 Å². The maximum Gasteiger partial charge on any atom is 0.310 e. The highest BCUT2D eigenvalue weighted by atomic mass is 16.5. The van der Waals surface area contributed by atoms with Crippen molar-refractivity contribution in [1.29, 1.82) is 0 Å². The highest BCUT2D eigenvalue weighted by molar-refractivity contribution is 5.70. The van der Waals surface area contributed by atoms with E-state index in [-0.39, 0.29) is 12.4 Å². The first-order valence-corrected chi connectivity index (χ1v) is 2.81. The van der Waals surface area contributed by atoms with Gasteiger partial charge in [0.25, 0.3) is 0 Å². The Kier molecular flexibility index (Phi) is 4.56. The van der Waals surface area contributed by atoms with Gasteiger partial charge in [0.2, 0.25) is 0 Å². The molecule has 0 aromatic heterocycles. The smallest absolute Gasteiger partial charge is 0.310 e. The Morgan fingerprint density at radius 3 is 3.00 bits per heavy atom. The second-order valence-electron chi connectivity index (χ2n) is 1.42. The molecule has 0 aliphatic rings. The van der Waals surface area contributed by atoms with Crippen molar-refractivity contribution in [3.8, 4) is 0 Å². The van der Waals surface area contributed by atoms with E-state index in [0.717, 1.165) is 0 Å². The van der Waals surface area contributed by atoms with Gasteiger partial charge in [0.15, 0.2) is 0 Å². The molecule has 0 fully saturated rings. The molecule has 0 unspecified atom stereocenters. The predicted octanol–water partition coefficient (Wildman–Crippen LogP) is 1.28. The Morgan fingerprint density at radius 2 is 2.56 bits per heavy atom. The summed E-state index contributed by atoms with van der Waals surface area (Å²) in [5.41, 5.74) is 2.48. The lowest BCUT2D eigenvalue weighted by atomic mass is 10.4. The van der Waals surface area contributed by atoms with Crippen LogP contribution in [0.1, 0.15) is 13.3 Å². The summed E-state index contributed by atoms with van der Waals surface area (Å²) < 4.78 is 4.61. The van der Waals surface area contributed by atoms with E-state index in [4.69, 9.17) is 0 Å². The molecule has 0 saturated carbocycles. The van der Waals surface area contributed by atoms with Gasteiger partial charge in [-0.15, -0.1) is 5.73 Å². The Morgan fingerprint density at radius 1 is 1.89 bits per heavy atom. The van der Waals surface area contributed by atoms with Crippen molar-refractivity contribution in [3.63, 3.8) is 0 Å². The molecule has 0 radical (unpaired) electrons. The molecule has 0 rings (SSSR count). The summed E-state index contributed by atoms with van der Waals surface area (Å²) in [6, 6.07) is 0. The highest BCUT2D eigenvalue weighted by Crippen LogP contribution is 1.85. The van der Waals surface area contributed by atoms with Crippen molar-refractivity contribution in [2.45, 2.75) is 13.3 Å². The molecule has 0 aromatic carbocycles. The first kappa shape index (κ1) is 7.99. The number of hydrogen-bond acceptors (Lipinski definition) is 2. The molecule has 0 bridgehead atoms. The van der Waals surface area contributed by atoms with E-state index in [1.165, 1.54) is 6.08 Å². The zero-order valence-electron chi connectivity index (χ0n) is 5.52. The van der Waals surface area contributed by atoms with Gasteiger partial charge in [-0.05, 0) is 13.0 Å². The predicted molar refractivity (Wildman–Crippen MR) is 35.0 cm³/mol. The molecule has 2 nitrogen and oxygen atoms in total. The van der Waals surface area contributed by atoms with Gasteiger partial charge < -0.3 is 4.74 Å². The summed E-state index contributed by atoms with van der Waals surface area (Å²) in [5.74, 6) is -0.228. The van der Waals surface area contributed by atoms with E-state index in [9.17, 15) is 4.79 Å². The molecule has 50 valence electrons. The minimum absolute atomic E-state index is 0.228. The third kappa shape index (κ3) is 4.85. The molecule has 0 atom stereocenters. The maximum atomic E-state index is 10.5. The number of carbonyl (C=O) groups is 1. The van der Waals surface area contributed by atoms with Crippen LogP contribution in [0.5, 0.6) is 0 Å². The van der Waals surface area contributed by atoms with Gasteiger partial charge in [0, 0.05) is 0 Å².